The van der Waals surface area contributed by atoms with Crippen LogP contribution in [-0.4, -0.2) is 31.4 Å². The van der Waals surface area contributed by atoms with Crippen molar-refractivity contribution in [3.63, 3.8) is 0 Å². The summed E-state index contributed by atoms with van der Waals surface area (Å²) in [5, 5.41) is 9.17. The van der Waals surface area contributed by atoms with Crippen LogP contribution in [0.15, 0.2) is 24.3 Å². The molecule has 0 radical (unpaired) electrons. The van der Waals surface area contributed by atoms with Crippen LogP contribution in [0.3, 0.4) is 0 Å². The molecule has 134 valence electrons. The molecule has 5 nitrogen and oxygen atoms in total. The molecule has 0 saturated carbocycles. The van der Waals surface area contributed by atoms with E-state index >= 15 is 0 Å². The third-order valence-corrected chi connectivity index (χ3v) is 4.18. The van der Waals surface area contributed by atoms with E-state index in [1.165, 1.54) is 12.8 Å². The highest BCUT2D eigenvalue weighted by atomic mass is 35.5. The van der Waals surface area contributed by atoms with Gasteiger partial charge in [-0.05, 0) is 62.5 Å². The molecule has 1 aromatic rings. The van der Waals surface area contributed by atoms with E-state index in [4.69, 9.17) is 0 Å². The molecule has 1 heterocycles. The van der Waals surface area contributed by atoms with Crippen molar-refractivity contribution >= 4 is 29.9 Å². The van der Waals surface area contributed by atoms with Gasteiger partial charge in [0.15, 0.2) is 0 Å². The number of carbonyl (C=O) groups is 2. The van der Waals surface area contributed by atoms with Crippen LogP contribution in [0.5, 0.6) is 0 Å². The summed E-state index contributed by atoms with van der Waals surface area (Å²) >= 11 is 0. The molecular formula is C18H28ClN3O2. The predicted molar refractivity (Wildman–Crippen MR) is 99.7 cm³/mol. The van der Waals surface area contributed by atoms with Gasteiger partial charge in [0.2, 0.25) is 5.91 Å². The van der Waals surface area contributed by atoms with Crippen molar-refractivity contribution in [1.82, 2.24) is 10.6 Å². The minimum absolute atomic E-state index is 0. The van der Waals surface area contributed by atoms with Crippen LogP contribution >= 0.6 is 12.4 Å². The van der Waals surface area contributed by atoms with Crippen LogP contribution in [0.25, 0.3) is 0 Å². The van der Waals surface area contributed by atoms with Crippen molar-refractivity contribution in [2.45, 2.75) is 33.1 Å². The standard InChI is InChI=1S/C18H27N3O2.ClH/c1-13(2)17(22)21-16-7-5-15(6-8-16)18(23)20-11-9-14-4-3-10-19-12-14;/h5-8,13-14,19H,3-4,9-12H2,1-2H3,(H,20,23)(H,21,22);1H. The monoisotopic (exact) mass is 353 g/mol. The molecule has 1 aliphatic heterocycles. The minimum Gasteiger partial charge on any atom is -0.352 e. The maximum Gasteiger partial charge on any atom is 0.251 e. The molecule has 3 N–H and O–H groups in total. The molecule has 0 aromatic heterocycles. The van der Waals surface area contributed by atoms with Gasteiger partial charge in [-0.1, -0.05) is 13.8 Å². The number of benzene rings is 1. The molecular weight excluding hydrogens is 326 g/mol. The van der Waals surface area contributed by atoms with E-state index in [-0.39, 0.29) is 30.1 Å². The van der Waals surface area contributed by atoms with Gasteiger partial charge in [0.1, 0.15) is 0 Å². The van der Waals surface area contributed by atoms with E-state index in [9.17, 15) is 9.59 Å². The molecule has 1 atom stereocenters. The van der Waals surface area contributed by atoms with Gasteiger partial charge in [-0.2, -0.15) is 0 Å². The molecule has 6 heteroatoms. The average molecular weight is 354 g/mol. The first-order chi connectivity index (χ1) is 11.1. The number of carbonyl (C=O) groups excluding carboxylic acids is 2. The van der Waals surface area contributed by atoms with Crippen LogP contribution in [0, 0.1) is 11.8 Å². The normalized spacial score (nSPS) is 17.0. The minimum atomic E-state index is -0.0627. The van der Waals surface area contributed by atoms with E-state index in [0.717, 1.165) is 19.5 Å². The third-order valence-electron chi connectivity index (χ3n) is 4.18. The second-order valence-electron chi connectivity index (χ2n) is 6.48. The summed E-state index contributed by atoms with van der Waals surface area (Å²) in [5.74, 6) is 0.517. The largest absolute Gasteiger partial charge is 0.352 e. The van der Waals surface area contributed by atoms with E-state index in [2.05, 4.69) is 16.0 Å². The Morgan fingerprint density at radius 3 is 2.54 bits per heavy atom. The topological polar surface area (TPSA) is 70.2 Å². The smallest absolute Gasteiger partial charge is 0.251 e. The zero-order valence-electron chi connectivity index (χ0n) is 14.4. The SMILES string of the molecule is CC(C)C(=O)Nc1ccc(C(=O)NCCC2CCCNC2)cc1.Cl. The maximum absolute atomic E-state index is 12.1. The zero-order chi connectivity index (χ0) is 16.7. The molecule has 1 aliphatic rings. The zero-order valence-corrected chi connectivity index (χ0v) is 15.2. The fourth-order valence-electron chi connectivity index (χ4n) is 2.65. The van der Waals surface area contributed by atoms with Crippen LogP contribution in [0.1, 0.15) is 43.5 Å². The Kier molecular flexibility index (Phi) is 8.79. The summed E-state index contributed by atoms with van der Waals surface area (Å²) in [6.45, 7) is 6.57. The molecule has 1 fully saturated rings. The number of anilines is 1. The number of hydrogen-bond acceptors (Lipinski definition) is 3. The first-order valence-corrected chi connectivity index (χ1v) is 8.46. The molecule has 1 unspecified atom stereocenters. The lowest BCUT2D eigenvalue weighted by molar-refractivity contribution is -0.118. The highest BCUT2D eigenvalue weighted by Gasteiger charge is 2.13. The fraction of sp³-hybridized carbons (Fsp3) is 0.556. The fourth-order valence-corrected chi connectivity index (χ4v) is 2.65. The lowest BCUT2D eigenvalue weighted by Crippen LogP contribution is -2.33. The Hall–Kier alpha value is -1.59. The van der Waals surface area contributed by atoms with Crippen LogP contribution in [-0.2, 0) is 4.79 Å². The quantitative estimate of drug-likeness (QED) is 0.736. The van der Waals surface area contributed by atoms with Gasteiger partial charge in [-0.3, -0.25) is 9.59 Å². The Morgan fingerprint density at radius 2 is 1.96 bits per heavy atom. The highest BCUT2D eigenvalue weighted by Crippen LogP contribution is 2.14. The highest BCUT2D eigenvalue weighted by molar-refractivity contribution is 5.96. The first kappa shape index (κ1) is 20.5. The molecule has 24 heavy (non-hydrogen) atoms. The summed E-state index contributed by atoms with van der Waals surface area (Å²) in [4.78, 5) is 23.7. The lowest BCUT2D eigenvalue weighted by Gasteiger charge is -2.22. The number of rotatable bonds is 6. The Balaban J connectivity index is 0.00000288. The molecule has 0 spiro atoms. The Labute approximate surface area is 150 Å². The van der Waals surface area contributed by atoms with Crippen molar-refractivity contribution in [1.29, 1.82) is 0 Å². The van der Waals surface area contributed by atoms with Crippen molar-refractivity contribution < 1.29 is 9.59 Å². The van der Waals surface area contributed by atoms with Crippen molar-refractivity contribution in [3.8, 4) is 0 Å². The van der Waals surface area contributed by atoms with E-state index < -0.39 is 0 Å². The van der Waals surface area contributed by atoms with Gasteiger partial charge in [0.25, 0.3) is 5.91 Å². The number of piperidine rings is 1. The molecule has 1 saturated heterocycles. The van der Waals surface area contributed by atoms with Gasteiger partial charge in [-0.25, -0.2) is 0 Å². The third kappa shape index (κ3) is 6.49. The summed E-state index contributed by atoms with van der Waals surface area (Å²) in [6.07, 6.45) is 3.48. The van der Waals surface area contributed by atoms with E-state index in [0.29, 0.717) is 23.7 Å². The van der Waals surface area contributed by atoms with Crippen molar-refractivity contribution in [3.05, 3.63) is 29.8 Å². The van der Waals surface area contributed by atoms with Gasteiger partial charge < -0.3 is 16.0 Å². The molecule has 1 aromatic carbocycles. The first-order valence-electron chi connectivity index (χ1n) is 8.46. The molecule has 0 bridgehead atoms. The average Bonchev–Trinajstić information content (AvgIpc) is 2.56. The number of halogens is 1. The Morgan fingerprint density at radius 1 is 1.25 bits per heavy atom. The van der Waals surface area contributed by atoms with Gasteiger partial charge in [0.05, 0.1) is 0 Å². The van der Waals surface area contributed by atoms with Crippen molar-refractivity contribution in [2.75, 3.05) is 25.0 Å². The lowest BCUT2D eigenvalue weighted by atomic mass is 9.96. The van der Waals surface area contributed by atoms with Crippen LogP contribution in [0.4, 0.5) is 5.69 Å². The number of hydrogen-bond donors (Lipinski definition) is 3. The van der Waals surface area contributed by atoms with Gasteiger partial charge >= 0.3 is 0 Å². The Bertz CT molecular complexity index is 526. The number of nitrogens with one attached hydrogen (secondary N) is 3. The molecule has 2 amide bonds. The second-order valence-corrected chi connectivity index (χ2v) is 6.48. The van der Waals surface area contributed by atoms with Crippen LogP contribution in [0.2, 0.25) is 0 Å². The van der Waals surface area contributed by atoms with Crippen molar-refractivity contribution in [2.24, 2.45) is 11.8 Å². The summed E-state index contributed by atoms with van der Waals surface area (Å²) in [5.41, 5.74) is 1.34. The molecule has 2 rings (SSSR count). The van der Waals surface area contributed by atoms with E-state index in [1.807, 2.05) is 13.8 Å². The van der Waals surface area contributed by atoms with Crippen LogP contribution < -0.4 is 16.0 Å². The van der Waals surface area contributed by atoms with Gasteiger partial charge in [0, 0.05) is 23.7 Å². The number of amides is 2. The maximum atomic E-state index is 12.1. The predicted octanol–water partition coefficient (Wildman–Crippen LogP) is 2.82. The molecule has 0 aliphatic carbocycles. The second kappa shape index (κ2) is 10.3. The summed E-state index contributed by atoms with van der Waals surface area (Å²) in [7, 11) is 0. The summed E-state index contributed by atoms with van der Waals surface area (Å²) in [6, 6.07) is 7.02. The summed E-state index contributed by atoms with van der Waals surface area (Å²) < 4.78 is 0. The van der Waals surface area contributed by atoms with Gasteiger partial charge in [-0.15, -0.1) is 12.4 Å². The van der Waals surface area contributed by atoms with E-state index in [1.54, 1.807) is 24.3 Å².